The number of amides is 2. The average Bonchev–Trinajstić information content (AvgIpc) is 3.49. The molecule has 4 nitrogen and oxygen atoms in total. The second kappa shape index (κ2) is 8.02. The molecule has 4 heteroatoms. The Morgan fingerprint density at radius 1 is 1.00 bits per heavy atom. The van der Waals surface area contributed by atoms with E-state index in [4.69, 9.17) is 0 Å². The Kier molecular flexibility index (Phi) is 5.44. The molecule has 0 radical (unpaired) electrons. The zero-order chi connectivity index (χ0) is 20.4. The number of benzene rings is 2. The topological polar surface area (TPSA) is 49.4 Å². The molecule has 2 aromatic rings. The quantitative estimate of drug-likeness (QED) is 0.837. The summed E-state index contributed by atoms with van der Waals surface area (Å²) < 4.78 is 0. The van der Waals surface area contributed by atoms with Gasteiger partial charge in [-0.05, 0) is 69.2 Å². The van der Waals surface area contributed by atoms with Crippen LogP contribution >= 0.6 is 0 Å². The number of piperidine rings is 1. The highest BCUT2D eigenvalue weighted by Gasteiger charge is 2.45. The van der Waals surface area contributed by atoms with Gasteiger partial charge in [0.05, 0.1) is 0 Å². The van der Waals surface area contributed by atoms with E-state index in [1.807, 2.05) is 36.1 Å². The number of nitrogens with one attached hydrogen (secondary N) is 1. The molecule has 2 aromatic carbocycles. The van der Waals surface area contributed by atoms with Gasteiger partial charge in [-0.25, -0.2) is 0 Å². The third kappa shape index (κ3) is 4.52. The summed E-state index contributed by atoms with van der Waals surface area (Å²) in [4.78, 5) is 27.5. The number of carbonyl (C=O) groups is 2. The highest BCUT2D eigenvalue weighted by molar-refractivity contribution is 5.94. The van der Waals surface area contributed by atoms with E-state index in [1.165, 1.54) is 11.1 Å². The molecule has 0 atom stereocenters. The van der Waals surface area contributed by atoms with Crippen molar-refractivity contribution in [3.63, 3.8) is 0 Å². The predicted molar refractivity (Wildman–Crippen MR) is 115 cm³/mol. The van der Waals surface area contributed by atoms with Gasteiger partial charge in [0.1, 0.15) is 0 Å². The van der Waals surface area contributed by atoms with Gasteiger partial charge in [-0.1, -0.05) is 42.0 Å². The van der Waals surface area contributed by atoms with Crippen LogP contribution in [0.15, 0.2) is 48.5 Å². The van der Waals surface area contributed by atoms with Crippen molar-refractivity contribution in [2.45, 2.75) is 51.5 Å². The van der Waals surface area contributed by atoms with Gasteiger partial charge < -0.3 is 10.2 Å². The Balaban J connectivity index is 1.31. The van der Waals surface area contributed by atoms with Crippen molar-refractivity contribution in [2.24, 2.45) is 5.92 Å². The third-order valence-electron chi connectivity index (χ3n) is 6.48. The largest absolute Gasteiger partial charge is 0.350 e. The van der Waals surface area contributed by atoms with Gasteiger partial charge in [-0.15, -0.1) is 0 Å². The van der Waals surface area contributed by atoms with Crippen LogP contribution in [0.2, 0.25) is 0 Å². The summed E-state index contributed by atoms with van der Waals surface area (Å²) in [7, 11) is 0. The van der Waals surface area contributed by atoms with Crippen LogP contribution in [0, 0.1) is 19.8 Å². The van der Waals surface area contributed by atoms with Gasteiger partial charge in [0.25, 0.3) is 5.91 Å². The maximum Gasteiger partial charge on any atom is 0.253 e. The Hall–Kier alpha value is -2.62. The molecule has 0 aromatic heterocycles. The molecule has 29 heavy (non-hydrogen) atoms. The van der Waals surface area contributed by atoms with E-state index in [2.05, 4.69) is 36.5 Å². The van der Waals surface area contributed by atoms with Crippen molar-refractivity contribution in [1.82, 2.24) is 10.2 Å². The lowest BCUT2D eigenvalue weighted by Crippen LogP contribution is -2.46. The molecule has 0 spiro atoms. The number of hydrogen-bond acceptors (Lipinski definition) is 2. The summed E-state index contributed by atoms with van der Waals surface area (Å²) in [6.45, 7) is 5.45. The molecule has 1 saturated carbocycles. The van der Waals surface area contributed by atoms with Crippen LogP contribution in [0.25, 0.3) is 0 Å². The highest BCUT2D eigenvalue weighted by Crippen LogP contribution is 2.39. The molecule has 2 amide bonds. The SMILES string of the molecule is Cc1ccc(C(=O)N2CCC(C(=O)NC3(Cc4ccccc4C)CC3)CC2)cc1. The fourth-order valence-electron chi connectivity index (χ4n) is 4.26. The minimum atomic E-state index is -0.0575. The van der Waals surface area contributed by atoms with E-state index in [1.54, 1.807) is 0 Å². The van der Waals surface area contributed by atoms with Crippen LogP contribution in [-0.2, 0) is 11.2 Å². The minimum absolute atomic E-state index is 0.00594. The molecule has 1 heterocycles. The van der Waals surface area contributed by atoms with Crippen molar-refractivity contribution >= 4 is 11.8 Å². The number of likely N-dealkylation sites (tertiary alicyclic amines) is 1. The summed E-state index contributed by atoms with van der Waals surface area (Å²) in [6, 6.07) is 16.1. The average molecular weight is 391 g/mol. The number of carbonyl (C=O) groups excluding carboxylic acids is 2. The molecular weight excluding hydrogens is 360 g/mol. The van der Waals surface area contributed by atoms with Gasteiger partial charge >= 0.3 is 0 Å². The lowest BCUT2D eigenvalue weighted by Gasteiger charge is -2.32. The standard InChI is InChI=1S/C25H30N2O2/c1-18-7-9-21(10-8-18)24(29)27-15-11-20(12-16-27)23(28)26-25(13-14-25)17-22-6-4-3-5-19(22)2/h3-10,20H,11-17H2,1-2H3,(H,26,28). The predicted octanol–water partition coefficient (Wildman–Crippen LogP) is 4.05. The number of hydrogen-bond donors (Lipinski definition) is 1. The second-order valence-corrected chi connectivity index (χ2v) is 8.81. The highest BCUT2D eigenvalue weighted by atomic mass is 16.2. The van der Waals surface area contributed by atoms with E-state index >= 15 is 0 Å². The first-order valence-electron chi connectivity index (χ1n) is 10.7. The molecule has 152 valence electrons. The zero-order valence-corrected chi connectivity index (χ0v) is 17.4. The molecule has 2 aliphatic rings. The van der Waals surface area contributed by atoms with Crippen molar-refractivity contribution in [2.75, 3.05) is 13.1 Å². The molecule has 0 bridgehead atoms. The first-order valence-corrected chi connectivity index (χ1v) is 10.7. The van der Waals surface area contributed by atoms with Gasteiger partial charge in [-0.3, -0.25) is 9.59 Å². The number of nitrogens with zero attached hydrogens (tertiary/aromatic N) is 1. The monoisotopic (exact) mass is 390 g/mol. The van der Waals surface area contributed by atoms with E-state index in [9.17, 15) is 9.59 Å². The number of aryl methyl sites for hydroxylation is 2. The Labute approximate surface area is 173 Å². The molecule has 1 saturated heterocycles. The first-order chi connectivity index (χ1) is 14.0. The van der Waals surface area contributed by atoms with Gasteiger partial charge in [0, 0.05) is 30.1 Å². The zero-order valence-electron chi connectivity index (χ0n) is 17.4. The van der Waals surface area contributed by atoms with Crippen molar-refractivity contribution in [3.05, 3.63) is 70.8 Å². The molecule has 1 N–H and O–H groups in total. The molecular formula is C25H30N2O2. The molecule has 0 unspecified atom stereocenters. The van der Waals surface area contributed by atoms with E-state index in [-0.39, 0.29) is 23.3 Å². The Morgan fingerprint density at radius 2 is 1.66 bits per heavy atom. The fourth-order valence-corrected chi connectivity index (χ4v) is 4.26. The lowest BCUT2D eigenvalue weighted by atomic mass is 9.93. The lowest BCUT2D eigenvalue weighted by molar-refractivity contribution is -0.127. The van der Waals surface area contributed by atoms with Crippen molar-refractivity contribution in [3.8, 4) is 0 Å². The minimum Gasteiger partial charge on any atom is -0.350 e. The van der Waals surface area contributed by atoms with Crippen LogP contribution in [0.5, 0.6) is 0 Å². The van der Waals surface area contributed by atoms with Crippen LogP contribution in [0.4, 0.5) is 0 Å². The van der Waals surface area contributed by atoms with Crippen molar-refractivity contribution in [1.29, 1.82) is 0 Å². The maximum atomic E-state index is 12.9. The summed E-state index contributed by atoms with van der Waals surface area (Å²) in [5.74, 6) is 0.243. The molecule has 2 fully saturated rings. The van der Waals surface area contributed by atoms with Crippen LogP contribution in [0.1, 0.15) is 52.7 Å². The van der Waals surface area contributed by atoms with E-state index in [0.29, 0.717) is 13.1 Å². The van der Waals surface area contributed by atoms with Crippen LogP contribution < -0.4 is 5.32 Å². The summed E-state index contributed by atoms with van der Waals surface area (Å²) in [5, 5.41) is 3.35. The molecule has 4 rings (SSSR count). The second-order valence-electron chi connectivity index (χ2n) is 8.81. The third-order valence-corrected chi connectivity index (χ3v) is 6.48. The van der Waals surface area contributed by atoms with Gasteiger partial charge in [-0.2, -0.15) is 0 Å². The molecule has 1 aliphatic heterocycles. The smallest absolute Gasteiger partial charge is 0.253 e. The van der Waals surface area contributed by atoms with Crippen LogP contribution in [-0.4, -0.2) is 35.3 Å². The van der Waals surface area contributed by atoms with Crippen LogP contribution in [0.3, 0.4) is 0 Å². The van der Waals surface area contributed by atoms with E-state index < -0.39 is 0 Å². The maximum absolute atomic E-state index is 12.9. The summed E-state index contributed by atoms with van der Waals surface area (Å²) in [5.41, 5.74) is 4.43. The van der Waals surface area contributed by atoms with Gasteiger partial charge in [0.15, 0.2) is 0 Å². The summed E-state index contributed by atoms with van der Waals surface area (Å²) in [6.07, 6.45) is 4.50. The normalized spacial score (nSPS) is 18.3. The van der Waals surface area contributed by atoms with Crippen molar-refractivity contribution < 1.29 is 9.59 Å². The Morgan fingerprint density at radius 3 is 2.28 bits per heavy atom. The first kappa shape index (κ1) is 19.7. The van der Waals surface area contributed by atoms with E-state index in [0.717, 1.165) is 43.2 Å². The summed E-state index contributed by atoms with van der Waals surface area (Å²) >= 11 is 0. The molecule has 1 aliphatic carbocycles. The Bertz CT molecular complexity index is 891. The van der Waals surface area contributed by atoms with Gasteiger partial charge in [0.2, 0.25) is 5.91 Å². The fraction of sp³-hybridized carbons (Fsp3) is 0.440. The number of rotatable bonds is 5.